The Kier molecular flexibility index (Phi) is 2.50. The monoisotopic (exact) mass is 206 g/mol. The molecule has 1 heterocycles. The van der Waals surface area contributed by atoms with Crippen LogP contribution in [0.3, 0.4) is 0 Å². The van der Waals surface area contributed by atoms with E-state index in [-0.39, 0.29) is 0 Å². The number of imidazole rings is 1. The molecule has 1 aromatic carbocycles. The van der Waals surface area contributed by atoms with E-state index >= 15 is 0 Å². The van der Waals surface area contributed by atoms with Crippen LogP contribution in [0.15, 0.2) is 18.5 Å². The highest BCUT2D eigenvalue weighted by atomic mass is 32.1. The Balaban J connectivity index is 2.61. The second-order valence-corrected chi connectivity index (χ2v) is 4.03. The summed E-state index contributed by atoms with van der Waals surface area (Å²) in [5, 5.41) is 0. The van der Waals surface area contributed by atoms with Crippen LogP contribution in [0.2, 0.25) is 0 Å². The van der Waals surface area contributed by atoms with E-state index in [2.05, 4.69) is 48.2 Å². The van der Waals surface area contributed by atoms with Gasteiger partial charge in [0.1, 0.15) is 0 Å². The van der Waals surface area contributed by atoms with E-state index in [0.717, 1.165) is 17.8 Å². The Hall–Kier alpha value is -0.960. The smallest absolute Gasteiger partial charge is 0.0958 e. The van der Waals surface area contributed by atoms with E-state index in [1.54, 1.807) is 0 Å². The molecular formula is C11H14N2S. The molecule has 2 aromatic rings. The fraction of sp³-hybridized carbons (Fsp3) is 0.364. The van der Waals surface area contributed by atoms with Gasteiger partial charge in [0, 0.05) is 12.3 Å². The highest BCUT2D eigenvalue weighted by Gasteiger charge is 2.03. The van der Waals surface area contributed by atoms with Gasteiger partial charge in [-0.1, -0.05) is 0 Å². The van der Waals surface area contributed by atoms with Gasteiger partial charge in [-0.3, -0.25) is 0 Å². The van der Waals surface area contributed by atoms with Crippen molar-refractivity contribution in [1.82, 2.24) is 9.55 Å². The van der Waals surface area contributed by atoms with Crippen LogP contribution in [0.1, 0.15) is 11.1 Å². The molecule has 0 amide bonds. The molecule has 3 heteroatoms. The Bertz CT molecular complexity index is 460. The van der Waals surface area contributed by atoms with Crippen molar-refractivity contribution in [2.24, 2.45) is 0 Å². The number of hydrogen-bond acceptors (Lipinski definition) is 2. The van der Waals surface area contributed by atoms with E-state index in [0.29, 0.717) is 0 Å². The summed E-state index contributed by atoms with van der Waals surface area (Å²) in [5.41, 5.74) is 4.91. The van der Waals surface area contributed by atoms with Crippen molar-refractivity contribution in [1.29, 1.82) is 0 Å². The first-order valence-electron chi connectivity index (χ1n) is 4.75. The highest BCUT2D eigenvalue weighted by molar-refractivity contribution is 7.80. The molecule has 0 radical (unpaired) electrons. The molecular weight excluding hydrogens is 192 g/mol. The van der Waals surface area contributed by atoms with Crippen molar-refractivity contribution in [3.05, 3.63) is 29.6 Å². The highest BCUT2D eigenvalue weighted by Crippen LogP contribution is 2.18. The first-order valence-corrected chi connectivity index (χ1v) is 5.38. The number of fused-ring (bicyclic) bond motifs is 1. The predicted molar refractivity (Wildman–Crippen MR) is 63.1 cm³/mol. The number of aromatic nitrogens is 2. The predicted octanol–water partition coefficient (Wildman–Crippen LogP) is 2.58. The van der Waals surface area contributed by atoms with Crippen LogP contribution in [-0.2, 0) is 6.54 Å². The number of benzene rings is 1. The summed E-state index contributed by atoms with van der Waals surface area (Å²) < 4.78 is 2.15. The minimum Gasteiger partial charge on any atom is -0.330 e. The van der Waals surface area contributed by atoms with Crippen molar-refractivity contribution in [2.75, 3.05) is 5.75 Å². The first kappa shape index (κ1) is 9.59. The lowest BCUT2D eigenvalue weighted by Gasteiger charge is -2.03. The maximum absolute atomic E-state index is 4.37. The molecule has 74 valence electrons. The van der Waals surface area contributed by atoms with Crippen LogP contribution < -0.4 is 0 Å². The lowest BCUT2D eigenvalue weighted by atomic mass is 10.1. The SMILES string of the molecule is Cc1cc2ncn(CCS)c2cc1C. The molecule has 0 atom stereocenters. The third kappa shape index (κ3) is 1.52. The molecule has 0 N–H and O–H groups in total. The van der Waals surface area contributed by atoms with Crippen LogP contribution in [0.5, 0.6) is 0 Å². The zero-order chi connectivity index (χ0) is 10.1. The van der Waals surface area contributed by atoms with E-state index in [1.807, 2.05) is 6.33 Å². The van der Waals surface area contributed by atoms with Crippen LogP contribution in [0.4, 0.5) is 0 Å². The minimum absolute atomic E-state index is 0.846. The second kappa shape index (κ2) is 3.65. The first-order chi connectivity index (χ1) is 6.72. The molecule has 0 bridgehead atoms. The molecule has 14 heavy (non-hydrogen) atoms. The molecule has 0 spiro atoms. The van der Waals surface area contributed by atoms with Crippen molar-refractivity contribution >= 4 is 23.7 Å². The van der Waals surface area contributed by atoms with E-state index in [9.17, 15) is 0 Å². The van der Waals surface area contributed by atoms with Crippen molar-refractivity contribution in [2.45, 2.75) is 20.4 Å². The molecule has 0 saturated heterocycles. The lowest BCUT2D eigenvalue weighted by Crippen LogP contribution is -1.97. The Morgan fingerprint density at radius 1 is 1.29 bits per heavy atom. The topological polar surface area (TPSA) is 17.8 Å². The van der Waals surface area contributed by atoms with Gasteiger partial charge >= 0.3 is 0 Å². The van der Waals surface area contributed by atoms with Gasteiger partial charge in [-0.2, -0.15) is 12.6 Å². The average molecular weight is 206 g/mol. The summed E-state index contributed by atoms with van der Waals surface area (Å²) in [5.74, 6) is 0.846. The molecule has 0 aliphatic carbocycles. The Labute approximate surface area is 89.4 Å². The van der Waals surface area contributed by atoms with Gasteiger partial charge in [-0.05, 0) is 37.1 Å². The van der Waals surface area contributed by atoms with Crippen molar-refractivity contribution in [3.8, 4) is 0 Å². The Morgan fingerprint density at radius 2 is 2.00 bits per heavy atom. The van der Waals surface area contributed by atoms with Crippen LogP contribution in [0, 0.1) is 13.8 Å². The summed E-state index contributed by atoms with van der Waals surface area (Å²) in [4.78, 5) is 4.37. The number of hydrogen-bond donors (Lipinski definition) is 1. The molecule has 0 aliphatic rings. The third-order valence-corrected chi connectivity index (χ3v) is 2.78. The number of aryl methyl sites for hydroxylation is 3. The summed E-state index contributed by atoms with van der Waals surface area (Å²) in [6.45, 7) is 5.17. The Morgan fingerprint density at radius 3 is 2.71 bits per heavy atom. The van der Waals surface area contributed by atoms with E-state index in [1.165, 1.54) is 16.6 Å². The summed E-state index contributed by atoms with van der Waals surface area (Å²) in [7, 11) is 0. The average Bonchev–Trinajstić information content (AvgIpc) is 2.51. The van der Waals surface area contributed by atoms with Crippen LogP contribution in [0.25, 0.3) is 11.0 Å². The standard InChI is InChI=1S/C11H14N2S/c1-8-5-10-11(6-9(8)2)13(3-4-14)7-12-10/h5-7,14H,3-4H2,1-2H3. The normalized spacial score (nSPS) is 11.1. The maximum Gasteiger partial charge on any atom is 0.0958 e. The van der Waals surface area contributed by atoms with Crippen molar-refractivity contribution < 1.29 is 0 Å². The van der Waals surface area contributed by atoms with Crippen molar-refractivity contribution in [3.63, 3.8) is 0 Å². The summed E-state index contributed by atoms with van der Waals surface area (Å²) >= 11 is 4.23. The molecule has 2 nitrogen and oxygen atoms in total. The quantitative estimate of drug-likeness (QED) is 0.748. The fourth-order valence-electron chi connectivity index (χ4n) is 1.60. The molecule has 0 aliphatic heterocycles. The van der Waals surface area contributed by atoms with Gasteiger partial charge in [0.05, 0.1) is 17.4 Å². The van der Waals surface area contributed by atoms with Gasteiger partial charge < -0.3 is 4.57 Å². The maximum atomic E-state index is 4.37. The van der Waals surface area contributed by atoms with Gasteiger partial charge in [0.15, 0.2) is 0 Å². The van der Waals surface area contributed by atoms with Crippen LogP contribution >= 0.6 is 12.6 Å². The van der Waals surface area contributed by atoms with E-state index in [4.69, 9.17) is 0 Å². The lowest BCUT2D eigenvalue weighted by molar-refractivity contribution is 0.798. The summed E-state index contributed by atoms with van der Waals surface area (Å²) in [6, 6.07) is 4.33. The van der Waals surface area contributed by atoms with Gasteiger partial charge in [0.25, 0.3) is 0 Å². The zero-order valence-electron chi connectivity index (χ0n) is 8.49. The van der Waals surface area contributed by atoms with Gasteiger partial charge in [-0.25, -0.2) is 4.98 Å². The molecule has 0 fully saturated rings. The molecule has 0 unspecified atom stereocenters. The second-order valence-electron chi connectivity index (χ2n) is 3.59. The molecule has 0 saturated carbocycles. The number of rotatable bonds is 2. The summed E-state index contributed by atoms with van der Waals surface area (Å²) in [6.07, 6.45) is 1.89. The van der Waals surface area contributed by atoms with Crippen LogP contribution in [-0.4, -0.2) is 15.3 Å². The van der Waals surface area contributed by atoms with E-state index < -0.39 is 0 Å². The fourth-order valence-corrected chi connectivity index (χ4v) is 1.81. The zero-order valence-corrected chi connectivity index (χ0v) is 9.38. The van der Waals surface area contributed by atoms with Gasteiger partial charge in [-0.15, -0.1) is 0 Å². The molecule has 2 rings (SSSR count). The van der Waals surface area contributed by atoms with Gasteiger partial charge in [0.2, 0.25) is 0 Å². The largest absolute Gasteiger partial charge is 0.330 e. The molecule has 1 aromatic heterocycles. The number of nitrogens with zero attached hydrogens (tertiary/aromatic N) is 2. The minimum atomic E-state index is 0.846. The number of thiol groups is 1. The third-order valence-electron chi connectivity index (χ3n) is 2.58.